The van der Waals surface area contributed by atoms with Gasteiger partial charge in [0.25, 0.3) is 5.91 Å². The highest BCUT2D eigenvalue weighted by Crippen LogP contribution is 2.27. The summed E-state index contributed by atoms with van der Waals surface area (Å²) in [7, 11) is -1.93. The third-order valence-corrected chi connectivity index (χ3v) is 8.79. The van der Waals surface area contributed by atoms with Crippen molar-refractivity contribution in [1.82, 2.24) is 9.21 Å². The van der Waals surface area contributed by atoms with Gasteiger partial charge in [0.05, 0.1) is 24.2 Å². The number of amides is 1. The van der Waals surface area contributed by atoms with Crippen LogP contribution in [0, 0.1) is 0 Å². The van der Waals surface area contributed by atoms with Crippen LogP contribution in [0.4, 0.5) is 0 Å². The maximum Gasteiger partial charge on any atom is 0.254 e. The number of thiophene rings is 1. The minimum Gasteiger partial charge on any atom is -0.467 e. The molecule has 6 nitrogen and oxygen atoms in total. The van der Waals surface area contributed by atoms with Gasteiger partial charge in [0.1, 0.15) is 5.76 Å². The van der Waals surface area contributed by atoms with E-state index < -0.39 is 10.0 Å². The van der Waals surface area contributed by atoms with Gasteiger partial charge in [-0.15, -0.1) is 11.3 Å². The lowest BCUT2D eigenvalue weighted by atomic mass is 9.96. The summed E-state index contributed by atoms with van der Waals surface area (Å²) in [5, 5.41) is 1.98. The van der Waals surface area contributed by atoms with Gasteiger partial charge in [0.15, 0.2) is 0 Å². The fraction of sp³-hybridized carbons (Fsp3) is 0.375. The van der Waals surface area contributed by atoms with Crippen molar-refractivity contribution in [3.05, 3.63) is 76.4 Å². The Bertz CT molecular complexity index is 1070. The number of carbonyl (C=O) groups is 1. The second-order valence-electron chi connectivity index (χ2n) is 8.16. The van der Waals surface area contributed by atoms with E-state index in [1.807, 2.05) is 23.6 Å². The second-order valence-corrected chi connectivity index (χ2v) is 11.2. The van der Waals surface area contributed by atoms with Crippen LogP contribution in [-0.2, 0) is 23.1 Å². The maximum atomic E-state index is 13.3. The molecule has 1 aromatic carbocycles. The molecule has 2 heterocycles. The first-order chi connectivity index (χ1) is 15.4. The van der Waals surface area contributed by atoms with Gasteiger partial charge in [-0.1, -0.05) is 25.3 Å². The number of nitrogens with zero attached hydrogens (tertiary/aromatic N) is 2. The van der Waals surface area contributed by atoms with Gasteiger partial charge in [-0.3, -0.25) is 4.79 Å². The van der Waals surface area contributed by atoms with Crippen LogP contribution in [0.15, 0.2) is 69.5 Å². The molecule has 0 saturated heterocycles. The smallest absolute Gasteiger partial charge is 0.254 e. The first-order valence-corrected chi connectivity index (χ1v) is 13.2. The van der Waals surface area contributed by atoms with Crippen LogP contribution >= 0.6 is 11.3 Å². The molecule has 1 amide bonds. The Morgan fingerprint density at radius 1 is 1.03 bits per heavy atom. The maximum absolute atomic E-state index is 13.3. The molecule has 0 unspecified atom stereocenters. The van der Waals surface area contributed by atoms with E-state index in [2.05, 4.69) is 0 Å². The third-order valence-electron chi connectivity index (χ3n) is 6.01. The van der Waals surface area contributed by atoms with Crippen molar-refractivity contribution in [3.8, 4) is 0 Å². The van der Waals surface area contributed by atoms with Crippen LogP contribution in [0.25, 0.3) is 0 Å². The highest BCUT2D eigenvalue weighted by Gasteiger charge is 2.29. The summed E-state index contributed by atoms with van der Waals surface area (Å²) in [4.78, 5) is 16.3. The second kappa shape index (κ2) is 10.0. The summed E-state index contributed by atoms with van der Waals surface area (Å²) in [6.07, 6.45) is 6.68. The average molecular weight is 473 g/mol. The monoisotopic (exact) mass is 472 g/mol. The molecular weight excluding hydrogens is 444 g/mol. The summed E-state index contributed by atoms with van der Waals surface area (Å²) in [5.41, 5.74) is 0.451. The number of hydrogen-bond donors (Lipinski definition) is 0. The molecular formula is C24H28N2O4S2. The van der Waals surface area contributed by atoms with E-state index in [1.54, 1.807) is 47.7 Å². The Morgan fingerprint density at radius 3 is 2.41 bits per heavy atom. The van der Waals surface area contributed by atoms with E-state index in [0.29, 0.717) is 24.4 Å². The largest absolute Gasteiger partial charge is 0.467 e. The summed E-state index contributed by atoms with van der Waals surface area (Å²) in [6, 6.07) is 13.9. The lowest BCUT2D eigenvalue weighted by Crippen LogP contribution is -2.38. The molecule has 32 heavy (non-hydrogen) atoms. The first kappa shape index (κ1) is 22.8. The summed E-state index contributed by atoms with van der Waals surface area (Å²) in [5.74, 6) is 0.530. The summed E-state index contributed by atoms with van der Waals surface area (Å²) >= 11 is 1.59. The Hall–Kier alpha value is -2.42. The lowest BCUT2D eigenvalue weighted by molar-refractivity contribution is 0.0719. The summed E-state index contributed by atoms with van der Waals surface area (Å²) < 4.78 is 33.1. The van der Waals surface area contributed by atoms with Gasteiger partial charge in [-0.05, 0) is 60.7 Å². The lowest BCUT2D eigenvalue weighted by Gasteiger charge is -2.30. The Labute approximate surface area is 193 Å². The molecule has 1 aliphatic carbocycles. The fourth-order valence-corrected chi connectivity index (χ4v) is 6.28. The van der Waals surface area contributed by atoms with Crippen molar-refractivity contribution in [2.24, 2.45) is 0 Å². The van der Waals surface area contributed by atoms with Gasteiger partial charge in [0.2, 0.25) is 10.0 Å². The zero-order valence-corrected chi connectivity index (χ0v) is 19.8. The molecule has 2 aromatic heterocycles. The zero-order valence-electron chi connectivity index (χ0n) is 18.1. The molecule has 1 aliphatic rings. The standard InChI is InChI=1S/C24H28N2O4S2/c1-25(20-7-3-2-4-8-20)32(28,29)23-13-11-19(12-14-23)24(27)26(17-21-9-5-15-30-21)18-22-10-6-16-31-22/h5-6,9-16,20H,2-4,7-8,17-18H2,1H3. The number of furan rings is 1. The normalized spacial score (nSPS) is 15.2. The summed E-state index contributed by atoms with van der Waals surface area (Å²) in [6.45, 7) is 0.801. The molecule has 3 aromatic rings. The van der Waals surface area contributed by atoms with Gasteiger partial charge in [-0.2, -0.15) is 4.31 Å². The molecule has 0 bridgehead atoms. The minimum atomic E-state index is -3.59. The van der Waals surface area contributed by atoms with Crippen molar-refractivity contribution >= 4 is 27.3 Å². The topological polar surface area (TPSA) is 70.8 Å². The number of benzene rings is 1. The van der Waals surface area contributed by atoms with Gasteiger partial charge in [-0.25, -0.2) is 8.42 Å². The first-order valence-electron chi connectivity index (χ1n) is 10.9. The number of carbonyl (C=O) groups excluding carboxylic acids is 1. The molecule has 4 rings (SSSR count). The highest BCUT2D eigenvalue weighted by molar-refractivity contribution is 7.89. The Kier molecular flexibility index (Phi) is 7.13. The van der Waals surface area contributed by atoms with Gasteiger partial charge < -0.3 is 9.32 Å². The van der Waals surface area contributed by atoms with E-state index in [4.69, 9.17) is 4.42 Å². The minimum absolute atomic E-state index is 0.0460. The number of sulfonamides is 1. The molecule has 1 fully saturated rings. The van der Waals surface area contributed by atoms with Crippen molar-refractivity contribution in [2.75, 3.05) is 7.05 Å². The molecule has 0 spiro atoms. The SMILES string of the molecule is CN(C1CCCCC1)S(=O)(=O)c1ccc(C(=O)N(Cc2ccco2)Cc2cccs2)cc1. The van der Waals surface area contributed by atoms with E-state index in [-0.39, 0.29) is 16.8 Å². The zero-order chi connectivity index (χ0) is 22.6. The molecule has 8 heteroatoms. The van der Waals surface area contributed by atoms with Gasteiger partial charge in [0, 0.05) is 23.5 Å². The number of rotatable bonds is 8. The molecule has 1 saturated carbocycles. The van der Waals surface area contributed by atoms with Crippen molar-refractivity contribution in [1.29, 1.82) is 0 Å². The quantitative estimate of drug-likeness (QED) is 0.455. The predicted octanol–water partition coefficient (Wildman–Crippen LogP) is 5.14. The molecule has 170 valence electrons. The van der Waals surface area contributed by atoms with E-state index in [1.165, 1.54) is 22.9 Å². The van der Waals surface area contributed by atoms with Crippen molar-refractivity contribution in [2.45, 2.75) is 56.1 Å². The van der Waals surface area contributed by atoms with Crippen LogP contribution in [0.1, 0.15) is 53.1 Å². The van der Waals surface area contributed by atoms with Gasteiger partial charge >= 0.3 is 0 Å². The third kappa shape index (κ3) is 5.14. The fourth-order valence-electron chi connectivity index (χ4n) is 4.14. The molecule has 0 radical (unpaired) electrons. The van der Waals surface area contributed by atoms with Crippen LogP contribution in [-0.4, -0.2) is 36.6 Å². The van der Waals surface area contributed by atoms with E-state index in [9.17, 15) is 13.2 Å². The van der Waals surface area contributed by atoms with Crippen LogP contribution < -0.4 is 0 Å². The Morgan fingerprint density at radius 2 is 1.78 bits per heavy atom. The Balaban J connectivity index is 1.52. The average Bonchev–Trinajstić information content (AvgIpc) is 3.53. The number of hydrogen-bond acceptors (Lipinski definition) is 5. The molecule has 0 atom stereocenters. The highest BCUT2D eigenvalue weighted by atomic mass is 32.2. The van der Waals surface area contributed by atoms with Crippen LogP contribution in [0.3, 0.4) is 0 Å². The predicted molar refractivity (Wildman–Crippen MR) is 125 cm³/mol. The molecule has 0 N–H and O–H groups in total. The van der Waals surface area contributed by atoms with Crippen LogP contribution in [0.2, 0.25) is 0 Å². The van der Waals surface area contributed by atoms with Crippen LogP contribution in [0.5, 0.6) is 0 Å². The van der Waals surface area contributed by atoms with Crippen molar-refractivity contribution in [3.63, 3.8) is 0 Å². The van der Waals surface area contributed by atoms with E-state index in [0.717, 1.165) is 30.6 Å². The van der Waals surface area contributed by atoms with E-state index >= 15 is 0 Å². The van der Waals surface area contributed by atoms with Crippen molar-refractivity contribution < 1.29 is 17.6 Å². The molecule has 0 aliphatic heterocycles.